The molecule has 1 aliphatic rings. The molecule has 5 nitrogen and oxygen atoms in total. The van der Waals surface area contributed by atoms with Crippen LogP contribution in [0.5, 0.6) is 0 Å². The lowest BCUT2D eigenvalue weighted by molar-refractivity contribution is -0.122. The minimum atomic E-state index is -3.87. The maximum atomic E-state index is 12.6. The first kappa shape index (κ1) is 18.9. The van der Waals surface area contributed by atoms with E-state index in [4.69, 9.17) is 0 Å². The third-order valence-electron chi connectivity index (χ3n) is 3.85. The van der Waals surface area contributed by atoms with E-state index < -0.39 is 10.0 Å². The van der Waals surface area contributed by atoms with E-state index in [0.717, 1.165) is 28.6 Å². The Kier molecular flexibility index (Phi) is 5.64. The number of sulfonamides is 1. The molecule has 0 radical (unpaired) electrons. The number of thioether (sulfide) groups is 1. The molecular formula is C18H18N2O3S3. The van der Waals surface area contributed by atoms with Crippen molar-refractivity contribution in [3.05, 3.63) is 57.1 Å². The Balaban J connectivity index is 1.94. The molecule has 1 aromatic heterocycles. The lowest BCUT2D eigenvalue weighted by Gasteiger charge is -2.12. The van der Waals surface area contributed by atoms with E-state index in [1.165, 1.54) is 16.2 Å². The van der Waals surface area contributed by atoms with Gasteiger partial charge in [0.25, 0.3) is 15.9 Å². The van der Waals surface area contributed by atoms with Gasteiger partial charge < -0.3 is 0 Å². The second-order valence-corrected chi connectivity index (χ2v) is 9.11. The highest BCUT2D eigenvalue weighted by Crippen LogP contribution is 2.34. The maximum Gasteiger partial charge on any atom is 0.284 e. The lowest BCUT2D eigenvalue weighted by atomic mass is 10.2. The van der Waals surface area contributed by atoms with E-state index in [1.807, 2.05) is 24.4 Å². The number of carbonyl (C=O) groups excluding carboxylic acids is 1. The normalized spacial score (nSPS) is 18.2. The Morgan fingerprint density at radius 3 is 2.46 bits per heavy atom. The maximum absolute atomic E-state index is 12.6. The van der Waals surface area contributed by atoms with Crippen LogP contribution < -0.4 is 0 Å². The molecule has 0 unspecified atom stereocenters. The number of benzene rings is 1. The molecule has 8 heteroatoms. The van der Waals surface area contributed by atoms with Crippen molar-refractivity contribution >= 4 is 50.3 Å². The standard InChI is InChI=1S/C18H18N2O3S3/c1-3-13-7-9-15(10-8-13)26(22,23)19-18-20(4-2)17(21)16(25-18)12-14-6-5-11-24-14/h5-12H,3-4H2,1-2H3/b16-12-,19-18+. The number of rotatable bonds is 5. The molecule has 0 aliphatic carbocycles. The second kappa shape index (κ2) is 7.77. The van der Waals surface area contributed by atoms with Crippen LogP contribution in [0.3, 0.4) is 0 Å². The molecule has 1 aromatic carbocycles. The Morgan fingerprint density at radius 2 is 1.88 bits per heavy atom. The first-order valence-corrected chi connectivity index (χ1v) is 11.3. The van der Waals surface area contributed by atoms with Crippen LogP contribution in [0.25, 0.3) is 6.08 Å². The summed E-state index contributed by atoms with van der Waals surface area (Å²) in [7, 11) is -3.87. The van der Waals surface area contributed by atoms with Gasteiger partial charge in [-0.2, -0.15) is 8.42 Å². The molecule has 1 saturated heterocycles. The molecule has 2 heterocycles. The molecule has 2 aromatic rings. The first-order valence-electron chi connectivity index (χ1n) is 8.13. The summed E-state index contributed by atoms with van der Waals surface area (Å²) in [6.45, 7) is 4.16. The topological polar surface area (TPSA) is 66.8 Å². The van der Waals surface area contributed by atoms with Crippen LogP contribution in [-0.2, 0) is 21.2 Å². The third-order valence-corrected chi connectivity index (χ3v) is 7.07. The summed E-state index contributed by atoms with van der Waals surface area (Å²) < 4.78 is 29.2. The van der Waals surface area contributed by atoms with Gasteiger partial charge in [-0.25, -0.2) is 0 Å². The summed E-state index contributed by atoms with van der Waals surface area (Å²) in [6.07, 6.45) is 2.60. The van der Waals surface area contributed by atoms with Crippen LogP contribution in [0.2, 0.25) is 0 Å². The van der Waals surface area contributed by atoms with Gasteiger partial charge >= 0.3 is 0 Å². The minimum Gasteiger partial charge on any atom is -0.286 e. The Hall–Kier alpha value is -1.90. The molecule has 1 aliphatic heterocycles. The Morgan fingerprint density at radius 1 is 1.15 bits per heavy atom. The number of aryl methyl sites for hydroxylation is 1. The average molecular weight is 407 g/mol. The zero-order valence-electron chi connectivity index (χ0n) is 14.4. The number of amidine groups is 1. The second-order valence-electron chi connectivity index (χ2n) is 5.52. The lowest BCUT2D eigenvalue weighted by Crippen LogP contribution is -2.29. The SMILES string of the molecule is CCc1ccc(S(=O)(=O)/N=C2/S/C(=C\c3cccs3)C(=O)N2CC)cc1. The molecule has 0 saturated carbocycles. The molecule has 0 atom stereocenters. The molecule has 3 rings (SSSR count). The average Bonchev–Trinajstić information content (AvgIpc) is 3.23. The Labute approximate surface area is 161 Å². The number of hydrogen-bond donors (Lipinski definition) is 0. The summed E-state index contributed by atoms with van der Waals surface area (Å²) in [6, 6.07) is 10.5. The monoisotopic (exact) mass is 406 g/mol. The van der Waals surface area contributed by atoms with Gasteiger partial charge in [0.1, 0.15) is 0 Å². The summed E-state index contributed by atoms with van der Waals surface area (Å²) in [5, 5.41) is 2.12. The predicted octanol–water partition coefficient (Wildman–Crippen LogP) is 3.99. The summed E-state index contributed by atoms with van der Waals surface area (Å²) >= 11 is 2.61. The summed E-state index contributed by atoms with van der Waals surface area (Å²) in [5.74, 6) is -0.221. The van der Waals surface area contributed by atoms with Gasteiger partial charge in [-0.05, 0) is 60.3 Å². The van der Waals surface area contributed by atoms with E-state index in [-0.39, 0.29) is 16.0 Å². The molecule has 0 bridgehead atoms. The molecular weight excluding hydrogens is 388 g/mol. The third kappa shape index (κ3) is 3.92. The molecule has 1 amide bonds. The highest BCUT2D eigenvalue weighted by molar-refractivity contribution is 8.19. The fourth-order valence-corrected chi connectivity index (χ4v) is 5.38. The number of thiophene rings is 1. The fraction of sp³-hybridized carbons (Fsp3) is 0.222. The number of likely N-dealkylation sites (N-methyl/N-ethyl adjacent to an activating group) is 1. The van der Waals surface area contributed by atoms with E-state index in [9.17, 15) is 13.2 Å². The number of hydrogen-bond acceptors (Lipinski definition) is 5. The van der Waals surface area contributed by atoms with Crippen LogP contribution in [0.1, 0.15) is 24.3 Å². The van der Waals surface area contributed by atoms with Crippen LogP contribution in [-0.4, -0.2) is 30.9 Å². The van der Waals surface area contributed by atoms with Gasteiger partial charge in [0.2, 0.25) is 0 Å². The highest BCUT2D eigenvalue weighted by atomic mass is 32.2. The molecule has 0 spiro atoms. The molecule has 1 fully saturated rings. The Bertz CT molecular complexity index is 960. The van der Waals surface area contributed by atoms with Crippen molar-refractivity contribution in [3.8, 4) is 0 Å². The van der Waals surface area contributed by atoms with Crippen LogP contribution in [0, 0.1) is 0 Å². The highest BCUT2D eigenvalue weighted by Gasteiger charge is 2.34. The van der Waals surface area contributed by atoms with Crippen molar-refractivity contribution in [2.45, 2.75) is 25.2 Å². The minimum absolute atomic E-state index is 0.127. The van der Waals surface area contributed by atoms with Crippen LogP contribution >= 0.6 is 23.1 Å². The first-order chi connectivity index (χ1) is 12.4. The fourth-order valence-electron chi connectivity index (χ4n) is 2.41. The van der Waals surface area contributed by atoms with Crippen molar-refractivity contribution in [1.29, 1.82) is 0 Å². The van der Waals surface area contributed by atoms with E-state index >= 15 is 0 Å². The van der Waals surface area contributed by atoms with Gasteiger partial charge in [-0.3, -0.25) is 9.69 Å². The zero-order chi connectivity index (χ0) is 18.7. The number of amides is 1. The van der Waals surface area contributed by atoms with Gasteiger partial charge in [-0.15, -0.1) is 15.7 Å². The number of nitrogens with zero attached hydrogens (tertiary/aromatic N) is 2. The molecule has 0 N–H and O–H groups in total. The van der Waals surface area contributed by atoms with Crippen molar-refractivity contribution < 1.29 is 13.2 Å². The van der Waals surface area contributed by atoms with Crippen molar-refractivity contribution in [2.75, 3.05) is 6.54 Å². The van der Waals surface area contributed by atoms with Crippen molar-refractivity contribution in [3.63, 3.8) is 0 Å². The number of carbonyl (C=O) groups is 1. The van der Waals surface area contributed by atoms with Crippen molar-refractivity contribution in [1.82, 2.24) is 4.90 Å². The molecule has 136 valence electrons. The van der Waals surface area contributed by atoms with Gasteiger partial charge in [0.15, 0.2) is 5.17 Å². The molecule has 26 heavy (non-hydrogen) atoms. The van der Waals surface area contributed by atoms with Gasteiger partial charge in [0.05, 0.1) is 9.80 Å². The largest absolute Gasteiger partial charge is 0.286 e. The summed E-state index contributed by atoms with van der Waals surface area (Å²) in [4.78, 5) is 15.5. The smallest absolute Gasteiger partial charge is 0.284 e. The predicted molar refractivity (Wildman–Crippen MR) is 108 cm³/mol. The van der Waals surface area contributed by atoms with Crippen LogP contribution in [0.15, 0.2) is 56.0 Å². The summed E-state index contributed by atoms with van der Waals surface area (Å²) in [5.41, 5.74) is 1.05. The zero-order valence-corrected chi connectivity index (χ0v) is 16.8. The van der Waals surface area contributed by atoms with Crippen molar-refractivity contribution in [2.24, 2.45) is 4.40 Å². The van der Waals surface area contributed by atoms with Gasteiger partial charge in [-0.1, -0.05) is 25.1 Å². The quantitative estimate of drug-likeness (QED) is 0.704. The van der Waals surface area contributed by atoms with E-state index in [0.29, 0.717) is 11.4 Å². The van der Waals surface area contributed by atoms with Gasteiger partial charge in [0, 0.05) is 11.4 Å². The van der Waals surface area contributed by atoms with Crippen LogP contribution in [0.4, 0.5) is 0 Å². The van der Waals surface area contributed by atoms with E-state index in [2.05, 4.69) is 4.40 Å². The van der Waals surface area contributed by atoms with E-state index in [1.54, 1.807) is 37.3 Å².